The molecule has 1 aromatic rings. The van der Waals surface area contributed by atoms with Crippen LogP contribution in [0.4, 0.5) is 0 Å². The van der Waals surface area contributed by atoms with Crippen LogP contribution in [0.25, 0.3) is 0 Å². The van der Waals surface area contributed by atoms with Crippen LogP contribution in [0, 0.1) is 0 Å². The molecule has 0 aliphatic rings. The molecule has 0 heterocycles. The van der Waals surface area contributed by atoms with Gasteiger partial charge in [-0.2, -0.15) is 0 Å². The average molecular weight is 206 g/mol. The van der Waals surface area contributed by atoms with Crippen molar-refractivity contribution in [2.45, 2.75) is 26.7 Å². The number of benzene rings is 1. The van der Waals surface area contributed by atoms with E-state index in [9.17, 15) is 9.59 Å². The zero-order chi connectivity index (χ0) is 11.3. The van der Waals surface area contributed by atoms with Gasteiger partial charge in [0.25, 0.3) is 0 Å². The molecule has 0 radical (unpaired) electrons. The van der Waals surface area contributed by atoms with Crippen molar-refractivity contribution < 1.29 is 14.3 Å². The summed E-state index contributed by atoms with van der Waals surface area (Å²) in [5.74, 6) is 0.227. The molecule has 15 heavy (non-hydrogen) atoms. The van der Waals surface area contributed by atoms with Gasteiger partial charge in [0.15, 0.2) is 5.78 Å². The maximum absolute atomic E-state index is 11.5. The van der Waals surface area contributed by atoms with Crippen LogP contribution in [0.3, 0.4) is 0 Å². The summed E-state index contributed by atoms with van der Waals surface area (Å²) < 4.78 is 4.86. The van der Waals surface area contributed by atoms with Crippen molar-refractivity contribution in [2.24, 2.45) is 0 Å². The summed E-state index contributed by atoms with van der Waals surface area (Å²) in [5.41, 5.74) is 0.660. The number of carbonyl (C=O) groups excluding carboxylic acids is 2. The zero-order valence-electron chi connectivity index (χ0n) is 8.95. The standard InChI is InChI=1S/C12H14O3/c1-3-4-12(14)10-5-7-11(8-6-10)15-9(2)13/h5-8H,3-4H2,1-2H3. The fourth-order valence-electron chi connectivity index (χ4n) is 1.25. The number of hydrogen-bond donors (Lipinski definition) is 0. The molecular formula is C12H14O3. The fourth-order valence-corrected chi connectivity index (χ4v) is 1.25. The van der Waals surface area contributed by atoms with Gasteiger partial charge in [0.1, 0.15) is 5.75 Å². The molecule has 80 valence electrons. The van der Waals surface area contributed by atoms with E-state index in [1.165, 1.54) is 6.92 Å². The van der Waals surface area contributed by atoms with Gasteiger partial charge in [-0.05, 0) is 30.7 Å². The van der Waals surface area contributed by atoms with Crippen molar-refractivity contribution in [1.29, 1.82) is 0 Å². The lowest BCUT2D eigenvalue weighted by Gasteiger charge is -2.02. The van der Waals surface area contributed by atoms with Gasteiger partial charge in [-0.25, -0.2) is 0 Å². The van der Waals surface area contributed by atoms with Crippen LogP contribution < -0.4 is 4.74 Å². The second-order valence-electron chi connectivity index (χ2n) is 3.29. The van der Waals surface area contributed by atoms with Crippen LogP contribution in [-0.2, 0) is 4.79 Å². The lowest BCUT2D eigenvalue weighted by Crippen LogP contribution is -2.02. The number of ether oxygens (including phenoxy) is 1. The fraction of sp³-hybridized carbons (Fsp3) is 0.333. The molecule has 0 atom stereocenters. The maximum Gasteiger partial charge on any atom is 0.308 e. The zero-order valence-corrected chi connectivity index (χ0v) is 8.95. The van der Waals surface area contributed by atoms with Crippen LogP contribution in [0.15, 0.2) is 24.3 Å². The van der Waals surface area contributed by atoms with Gasteiger partial charge in [0.05, 0.1) is 0 Å². The third-order valence-corrected chi connectivity index (χ3v) is 1.91. The van der Waals surface area contributed by atoms with Crippen molar-refractivity contribution in [3.05, 3.63) is 29.8 Å². The Kier molecular flexibility index (Phi) is 4.03. The summed E-state index contributed by atoms with van der Waals surface area (Å²) in [4.78, 5) is 22.1. The highest BCUT2D eigenvalue weighted by Crippen LogP contribution is 2.14. The number of ketones is 1. The highest BCUT2D eigenvalue weighted by molar-refractivity contribution is 5.96. The Labute approximate surface area is 89.1 Å². The predicted molar refractivity (Wildman–Crippen MR) is 57.0 cm³/mol. The van der Waals surface area contributed by atoms with Crippen molar-refractivity contribution >= 4 is 11.8 Å². The molecule has 0 saturated heterocycles. The molecule has 0 fully saturated rings. The number of hydrogen-bond acceptors (Lipinski definition) is 3. The highest BCUT2D eigenvalue weighted by Gasteiger charge is 2.04. The van der Waals surface area contributed by atoms with Crippen LogP contribution in [0.5, 0.6) is 5.75 Å². The Morgan fingerprint density at radius 1 is 1.20 bits per heavy atom. The predicted octanol–water partition coefficient (Wildman–Crippen LogP) is 2.59. The molecule has 3 nitrogen and oxygen atoms in total. The molecule has 0 bridgehead atoms. The minimum absolute atomic E-state index is 0.117. The van der Waals surface area contributed by atoms with Crippen molar-refractivity contribution in [3.8, 4) is 5.75 Å². The Balaban J connectivity index is 2.71. The van der Waals surface area contributed by atoms with Gasteiger partial charge in [-0.3, -0.25) is 9.59 Å². The topological polar surface area (TPSA) is 43.4 Å². The van der Waals surface area contributed by atoms with E-state index in [1.807, 2.05) is 6.92 Å². The van der Waals surface area contributed by atoms with E-state index in [-0.39, 0.29) is 11.8 Å². The SMILES string of the molecule is CCCC(=O)c1ccc(OC(C)=O)cc1. The summed E-state index contributed by atoms with van der Waals surface area (Å²) >= 11 is 0. The smallest absolute Gasteiger partial charge is 0.308 e. The Morgan fingerprint density at radius 3 is 2.27 bits per heavy atom. The Morgan fingerprint density at radius 2 is 1.80 bits per heavy atom. The average Bonchev–Trinajstić information content (AvgIpc) is 2.18. The molecular weight excluding hydrogens is 192 g/mol. The van der Waals surface area contributed by atoms with E-state index in [4.69, 9.17) is 4.74 Å². The summed E-state index contributed by atoms with van der Waals surface area (Å²) in [6.45, 7) is 3.31. The third-order valence-electron chi connectivity index (χ3n) is 1.91. The molecule has 1 aromatic carbocycles. The minimum Gasteiger partial charge on any atom is -0.427 e. The summed E-state index contributed by atoms with van der Waals surface area (Å²) in [6, 6.07) is 6.61. The molecule has 0 aliphatic carbocycles. The number of rotatable bonds is 4. The van der Waals surface area contributed by atoms with Gasteiger partial charge in [-0.15, -0.1) is 0 Å². The molecule has 0 aromatic heterocycles. The van der Waals surface area contributed by atoms with Crippen molar-refractivity contribution in [3.63, 3.8) is 0 Å². The first-order valence-electron chi connectivity index (χ1n) is 4.95. The van der Waals surface area contributed by atoms with Crippen LogP contribution in [-0.4, -0.2) is 11.8 Å². The van der Waals surface area contributed by atoms with Gasteiger partial charge in [0.2, 0.25) is 0 Å². The lowest BCUT2D eigenvalue weighted by molar-refractivity contribution is -0.131. The van der Waals surface area contributed by atoms with Crippen LogP contribution >= 0.6 is 0 Å². The van der Waals surface area contributed by atoms with E-state index in [2.05, 4.69) is 0 Å². The first-order valence-corrected chi connectivity index (χ1v) is 4.95. The molecule has 0 saturated carbocycles. The molecule has 3 heteroatoms. The Bertz CT molecular complexity index is 352. The van der Waals surface area contributed by atoms with E-state index in [0.717, 1.165) is 6.42 Å². The second-order valence-corrected chi connectivity index (χ2v) is 3.29. The number of Topliss-reactive ketones (excluding diaryl/α,β-unsaturated/α-hetero) is 1. The van der Waals surface area contributed by atoms with Gasteiger partial charge in [0, 0.05) is 18.9 Å². The first-order chi connectivity index (χ1) is 7.13. The normalized spacial score (nSPS) is 9.73. The molecule has 0 spiro atoms. The van der Waals surface area contributed by atoms with Crippen molar-refractivity contribution in [2.75, 3.05) is 0 Å². The van der Waals surface area contributed by atoms with Crippen LogP contribution in [0.2, 0.25) is 0 Å². The monoisotopic (exact) mass is 206 g/mol. The summed E-state index contributed by atoms with van der Waals surface area (Å²) in [5, 5.41) is 0. The minimum atomic E-state index is -0.359. The second kappa shape index (κ2) is 5.29. The Hall–Kier alpha value is -1.64. The summed E-state index contributed by atoms with van der Waals surface area (Å²) in [6.07, 6.45) is 1.39. The summed E-state index contributed by atoms with van der Waals surface area (Å²) in [7, 11) is 0. The van der Waals surface area contributed by atoms with E-state index in [1.54, 1.807) is 24.3 Å². The van der Waals surface area contributed by atoms with Gasteiger partial charge < -0.3 is 4.74 Å². The number of esters is 1. The largest absolute Gasteiger partial charge is 0.427 e. The number of carbonyl (C=O) groups is 2. The lowest BCUT2D eigenvalue weighted by atomic mass is 10.1. The quantitative estimate of drug-likeness (QED) is 0.432. The van der Waals surface area contributed by atoms with Gasteiger partial charge in [-0.1, -0.05) is 6.92 Å². The van der Waals surface area contributed by atoms with E-state index in [0.29, 0.717) is 17.7 Å². The van der Waals surface area contributed by atoms with Crippen molar-refractivity contribution in [1.82, 2.24) is 0 Å². The first kappa shape index (κ1) is 11.4. The molecule has 0 amide bonds. The van der Waals surface area contributed by atoms with E-state index >= 15 is 0 Å². The van der Waals surface area contributed by atoms with Gasteiger partial charge >= 0.3 is 5.97 Å². The molecule has 0 N–H and O–H groups in total. The highest BCUT2D eigenvalue weighted by atomic mass is 16.5. The van der Waals surface area contributed by atoms with E-state index < -0.39 is 0 Å². The maximum atomic E-state index is 11.5. The molecule has 0 aliphatic heterocycles. The third kappa shape index (κ3) is 3.54. The van der Waals surface area contributed by atoms with Crippen LogP contribution in [0.1, 0.15) is 37.0 Å². The molecule has 0 unspecified atom stereocenters. The molecule has 1 rings (SSSR count).